The van der Waals surface area contributed by atoms with Gasteiger partial charge in [0.2, 0.25) is 0 Å². The Bertz CT molecular complexity index is 3310. The molecule has 4 heterocycles. The van der Waals surface area contributed by atoms with Gasteiger partial charge in [-0.1, -0.05) is 158 Å². The summed E-state index contributed by atoms with van der Waals surface area (Å²) >= 11 is 1.65. The lowest BCUT2D eigenvalue weighted by molar-refractivity contribution is 1.07. The lowest BCUT2D eigenvalue weighted by Gasteiger charge is -2.11. The predicted octanol–water partition coefficient (Wildman–Crippen LogP) is 13.2. The molecule has 0 amide bonds. The van der Waals surface area contributed by atoms with Crippen LogP contribution in [0.3, 0.4) is 0 Å². The highest BCUT2D eigenvalue weighted by Gasteiger charge is 2.16. The Kier molecular flexibility index (Phi) is 8.56. The molecule has 0 unspecified atom stereocenters. The van der Waals surface area contributed by atoms with Crippen molar-refractivity contribution in [2.75, 3.05) is 0 Å². The van der Waals surface area contributed by atoms with Crippen molar-refractivity contribution in [1.29, 1.82) is 0 Å². The van der Waals surface area contributed by atoms with Crippen LogP contribution in [0.25, 0.3) is 110 Å². The van der Waals surface area contributed by atoms with Gasteiger partial charge in [0.05, 0.1) is 15.7 Å². The largest absolute Gasteiger partial charge is 0.253 e. The van der Waals surface area contributed by atoms with Crippen LogP contribution in [-0.4, -0.2) is 29.9 Å². The lowest BCUT2D eigenvalue weighted by atomic mass is 9.96. The fraction of sp³-hybridized carbons (Fsp3) is 0. The summed E-state index contributed by atoms with van der Waals surface area (Å²) < 4.78 is 1.09. The number of fused-ring (bicyclic) bond motifs is 4. The Morgan fingerprint density at radius 1 is 0.305 bits per heavy atom. The van der Waals surface area contributed by atoms with Crippen LogP contribution in [0.2, 0.25) is 0 Å². The molecule has 0 radical (unpaired) electrons. The highest BCUT2D eigenvalue weighted by Crippen LogP contribution is 2.39. The molecule has 0 fully saturated rings. The molecule has 0 aliphatic rings. The van der Waals surface area contributed by atoms with Crippen molar-refractivity contribution >= 4 is 42.9 Å². The van der Waals surface area contributed by atoms with Crippen LogP contribution in [0, 0.1) is 0 Å². The van der Waals surface area contributed by atoms with E-state index in [-0.39, 0.29) is 0 Å². The van der Waals surface area contributed by atoms with Gasteiger partial charge in [-0.2, -0.15) is 0 Å². The molecule has 0 bridgehead atoms. The summed E-state index contributed by atoms with van der Waals surface area (Å²) in [5.41, 5.74) is 15.3. The van der Waals surface area contributed by atoms with E-state index in [1.54, 1.807) is 11.3 Å². The smallest absolute Gasteiger partial charge is 0.164 e. The summed E-state index contributed by atoms with van der Waals surface area (Å²) in [5.74, 6) is 1.89. The third-order valence-electron chi connectivity index (χ3n) is 10.6. The standard InChI is InChI=1S/C52H32N6S/c1-3-11-33(12-4-1)34-25-27-38(28-26-34)50-56-49(37-13-5-2-6-14-37)57-51(58-50)42-18-10-16-40(32-42)36-23-21-35(22-24-36)39-15-9-17-41(31-39)43-29-30-53-46-47-52(59-48(43)46)55-45-20-8-7-19-44(45)54-47/h1-32H. The summed E-state index contributed by atoms with van der Waals surface area (Å²) in [5, 5.41) is 0. The maximum atomic E-state index is 5.04. The van der Waals surface area contributed by atoms with Crippen molar-refractivity contribution in [3.05, 3.63) is 194 Å². The van der Waals surface area contributed by atoms with E-state index in [9.17, 15) is 0 Å². The lowest BCUT2D eigenvalue weighted by Crippen LogP contribution is -2.00. The molecule has 0 atom stereocenters. The van der Waals surface area contributed by atoms with Gasteiger partial charge in [0.15, 0.2) is 17.5 Å². The molecule has 6 nitrogen and oxygen atoms in total. The summed E-state index contributed by atoms with van der Waals surface area (Å²) in [6, 6.07) is 64.8. The van der Waals surface area contributed by atoms with Gasteiger partial charge in [-0.15, -0.1) is 11.3 Å². The average Bonchev–Trinajstić information content (AvgIpc) is 3.69. The quantitative estimate of drug-likeness (QED) is 0.161. The maximum absolute atomic E-state index is 5.04. The van der Waals surface area contributed by atoms with Crippen LogP contribution in [0.1, 0.15) is 0 Å². The van der Waals surface area contributed by atoms with Crippen molar-refractivity contribution in [3.63, 3.8) is 0 Å². The van der Waals surface area contributed by atoms with Crippen LogP contribution in [0.5, 0.6) is 0 Å². The van der Waals surface area contributed by atoms with Gasteiger partial charge in [0.25, 0.3) is 0 Å². The van der Waals surface area contributed by atoms with E-state index in [0.29, 0.717) is 17.5 Å². The number of benzene rings is 7. The normalized spacial score (nSPS) is 11.4. The Morgan fingerprint density at radius 2 is 0.746 bits per heavy atom. The van der Waals surface area contributed by atoms with E-state index >= 15 is 0 Å². The molecule has 276 valence electrons. The van der Waals surface area contributed by atoms with Crippen LogP contribution in [0.15, 0.2) is 194 Å². The van der Waals surface area contributed by atoms with Crippen LogP contribution < -0.4 is 0 Å². The van der Waals surface area contributed by atoms with E-state index in [0.717, 1.165) is 87.2 Å². The number of hydrogen-bond donors (Lipinski definition) is 0. The molecule has 0 spiro atoms. The second-order valence-electron chi connectivity index (χ2n) is 14.4. The van der Waals surface area contributed by atoms with E-state index in [1.165, 1.54) is 5.56 Å². The zero-order chi connectivity index (χ0) is 39.1. The summed E-state index contributed by atoms with van der Waals surface area (Å²) in [6.45, 7) is 0. The molecule has 0 saturated carbocycles. The molecular weight excluding hydrogens is 741 g/mol. The molecule has 11 rings (SSSR count). The fourth-order valence-electron chi connectivity index (χ4n) is 7.61. The SMILES string of the molecule is c1ccc(-c2ccc(-c3nc(-c4ccccc4)nc(-c4cccc(-c5ccc(-c6cccc(-c7ccnc8c7sc7nc9ccccc9nc78)c6)cc5)c4)n3)cc2)cc1. The molecule has 59 heavy (non-hydrogen) atoms. The Morgan fingerprint density at radius 3 is 1.39 bits per heavy atom. The molecule has 0 saturated heterocycles. The van der Waals surface area contributed by atoms with E-state index in [4.69, 9.17) is 29.9 Å². The first kappa shape index (κ1) is 34.5. The van der Waals surface area contributed by atoms with E-state index in [2.05, 4.69) is 127 Å². The molecule has 7 heteroatoms. The number of hydrogen-bond acceptors (Lipinski definition) is 7. The molecule has 11 aromatic rings. The Labute approximate surface area is 344 Å². The molecule has 0 aliphatic carbocycles. The highest BCUT2D eigenvalue weighted by molar-refractivity contribution is 7.25. The third kappa shape index (κ3) is 6.59. The number of thiophene rings is 1. The number of rotatable bonds is 7. The number of nitrogens with zero attached hydrogens (tertiary/aromatic N) is 6. The van der Waals surface area contributed by atoms with Gasteiger partial charge in [-0.3, -0.25) is 4.98 Å². The number of para-hydroxylation sites is 2. The van der Waals surface area contributed by atoms with Crippen molar-refractivity contribution in [2.45, 2.75) is 0 Å². The van der Waals surface area contributed by atoms with E-state index < -0.39 is 0 Å². The topological polar surface area (TPSA) is 77.3 Å². The van der Waals surface area contributed by atoms with Gasteiger partial charge in [0, 0.05) is 28.5 Å². The second kappa shape index (κ2) is 14.6. The number of pyridine rings is 1. The van der Waals surface area contributed by atoms with Crippen molar-refractivity contribution in [1.82, 2.24) is 29.9 Å². The minimum absolute atomic E-state index is 0.625. The summed E-state index contributed by atoms with van der Waals surface area (Å²) in [6.07, 6.45) is 1.87. The van der Waals surface area contributed by atoms with Gasteiger partial charge in [-0.25, -0.2) is 24.9 Å². The maximum Gasteiger partial charge on any atom is 0.164 e. The van der Waals surface area contributed by atoms with Gasteiger partial charge >= 0.3 is 0 Å². The van der Waals surface area contributed by atoms with Crippen molar-refractivity contribution < 1.29 is 0 Å². The second-order valence-corrected chi connectivity index (χ2v) is 15.4. The van der Waals surface area contributed by atoms with Crippen LogP contribution >= 0.6 is 11.3 Å². The van der Waals surface area contributed by atoms with Gasteiger partial charge < -0.3 is 0 Å². The monoisotopic (exact) mass is 772 g/mol. The molecule has 0 aliphatic heterocycles. The Hall–Kier alpha value is -7.74. The van der Waals surface area contributed by atoms with Gasteiger partial charge in [-0.05, 0) is 69.3 Å². The molecule has 0 N–H and O–H groups in total. The number of aromatic nitrogens is 6. The predicted molar refractivity (Wildman–Crippen MR) is 242 cm³/mol. The summed E-state index contributed by atoms with van der Waals surface area (Å²) in [7, 11) is 0. The highest BCUT2D eigenvalue weighted by atomic mass is 32.1. The van der Waals surface area contributed by atoms with Crippen LogP contribution in [0.4, 0.5) is 0 Å². The fourth-order valence-corrected chi connectivity index (χ4v) is 8.72. The average molecular weight is 773 g/mol. The van der Waals surface area contributed by atoms with E-state index in [1.807, 2.05) is 66.9 Å². The summed E-state index contributed by atoms with van der Waals surface area (Å²) in [4.78, 5) is 30.5. The third-order valence-corrected chi connectivity index (χ3v) is 11.7. The zero-order valence-corrected chi connectivity index (χ0v) is 32.4. The molecule has 7 aromatic carbocycles. The first-order valence-corrected chi connectivity index (χ1v) is 20.2. The first-order valence-electron chi connectivity index (χ1n) is 19.4. The Balaban J connectivity index is 0.910. The molecular formula is C52H32N6S. The van der Waals surface area contributed by atoms with Crippen LogP contribution in [-0.2, 0) is 0 Å². The first-order chi connectivity index (χ1) is 29.2. The van der Waals surface area contributed by atoms with Crippen molar-refractivity contribution in [3.8, 4) is 78.7 Å². The minimum atomic E-state index is 0.625. The molecule has 4 aromatic heterocycles. The zero-order valence-electron chi connectivity index (χ0n) is 31.6. The van der Waals surface area contributed by atoms with Gasteiger partial charge in [0.1, 0.15) is 15.9 Å². The van der Waals surface area contributed by atoms with Crippen molar-refractivity contribution in [2.24, 2.45) is 0 Å². The minimum Gasteiger partial charge on any atom is -0.253 e.